The molecular weight excluding hydrogens is 290 g/mol. The zero-order valence-corrected chi connectivity index (χ0v) is 13.8. The van der Waals surface area contributed by atoms with Crippen molar-refractivity contribution in [3.63, 3.8) is 0 Å². The number of nitrogens with one attached hydrogen (secondary N) is 2. The molecule has 0 bridgehead atoms. The van der Waals surface area contributed by atoms with E-state index in [1.54, 1.807) is 25.5 Å². The van der Waals surface area contributed by atoms with Crippen LogP contribution in [0.1, 0.15) is 10.7 Å². The number of rotatable bonds is 7. The molecule has 0 atom stereocenters. The van der Waals surface area contributed by atoms with Crippen LogP contribution in [0.4, 0.5) is 0 Å². The van der Waals surface area contributed by atoms with E-state index in [4.69, 9.17) is 4.74 Å². The summed E-state index contributed by atoms with van der Waals surface area (Å²) in [4.78, 5) is 22.1. The maximum Gasteiger partial charge on any atom is 0.239 e. The van der Waals surface area contributed by atoms with E-state index in [0.717, 1.165) is 10.7 Å². The van der Waals surface area contributed by atoms with Crippen molar-refractivity contribution in [1.29, 1.82) is 0 Å². The maximum atomic E-state index is 11.6. The lowest BCUT2D eigenvalue weighted by molar-refractivity contribution is -0.120. The molecule has 1 rings (SSSR count). The number of aliphatic imine (C=N–C) groups is 1. The van der Waals surface area contributed by atoms with Gasteiger partial charge in [-0.2, -0.15) is 0 Å². The molecule has 1 amide bonds. The predicted octanol–water partition coefficient (Wildman–Crippen LogP) is 0.221. The third kappa shape index (κ3) is 6.54. The molecule has 0 spiro atoms. The fraction of sp³-hybridized carbons (Fsp3) is 0.615. The predicted molar refractivity (Wildman–Crippen MR) is 84.6 cm³/mol. The fourth-order valence-corrected chi connectivity index (χ4v) is 2.30. The highest BCUT2D eigenvalue weighted by Crippen LogP contribution is 2.09. The number of guanidine groups is 1. The molecule has 0 aromatic carbocycles. The lowest BCUT2D eigenvalue weighted by atomic mass is 10.4. The zero-order chi connectivity index (χ0) is 15.7. The number of methoxy groups -OCH3 is 1. The Morgan fingerprint density at radius 2 is 2.29 bits per heavy atom. The van der Waals surface area contributed by atoms with Crippen molar-refractivity contribution in [2.45, 2.75) is 13.5 Å². The second kappa shape index (κ2) is 9.30. The molecule has 0 saturated carbocycles. The Balaban J connectivity index is 2.38. The van der Waals surface area contributed by atoms with Crippen LogP contribution >= 0.6 is 11.3 Å². The fourth-order valence-electron chi connectivity index (χ4n) is 1.70. The van der Waals surface area contributed by atoms with Crippen LogP contribution in [0.15, 0.2) is 10.4 Å². The Labute approximate surface area is 129 Å². The van der Waals surface area contributed by atoms with Crippen LogP contribution in [0, 0.1) is 6.92 Å². The molecule has 0 saturated heterocycles. The van der Waals surface area contributed by atoms with E-state index in [1.165, 1.54) is 0 Å². The van der Waals surface area contributed by atoms with Crippen molar-refractivity contribution in [3.8, 4) is 0 Å². The molecule has 1 aromatic heterocycles. The van der Waals surface area contributed by atoms with Crippen molar-refractivity contribution >= 4 is 23.2 Å². The first-order valence-corrected chi connectivity index (χ1v) is 7.53. The minimum Gasteiger partial charge on any atom is -0.383 e. The molecule has 0 aliphatic rings. The van der Waals surface area contributed by atoms with Crippen LogP contribution in [0.5, 0.6) is 0 Å². The van der Waals surface area contributed by atoms with E-state index in [2.05, 4.69) is 20.6 Å². The van der Waals surface area contributed by atoms with Gasteiger partial charge < -0.3 is 20.3 Å². The summed E-state index contributed by atoms with van der Waals surface area (Å²) in [6.45, 7) is 3.81. The smallest absolute Gasteiger partial charge is 0.239 e. The standard InChI is InChI=1S/C13H23N5O2S/c1-10-17-11(9-21-10)8-18(3)13(14-2)16-7-12(19)15-5-6-20-4/h9H,5-8H2,1-4H3,(H,14,16)(H,15,19). The summed E-state index contributed by atoms with van der Waals surface area (Å²) in [6, 6.07) is 0. The Morgan fingerprint density at radius 1 is 1.52 bits per heavy atom. The van der Waals surface area contributed by atoms with Gasteiger partial charge in [0.1, 0.15) is 0 Å². The number of aromatic nitrogens is 1. The highest BCUT2D eigenvalue weighted by molar-refractivity contribution is 7.09. The Bertz CT molecular complexity index is 475. The minimum atomic E-state index is -0.0916. The quantitative estimate of drug-likeness (QED) is 0.428. The van der Waals surface area contributed by atoms with Crippen LogP contribution in [0.2, 0.25) is 0 Å². The molecule has 1 heterocycles. The van der Waals surface area contributed by atoms with Crippen LogP contribution < -0.4 is 10.6 Å². The van der Waals surface area contributed by atoms with Crippen LogP contribution in [-0.4, -0.2) is 62.7 Å². The van der Waals surface area contributed by atoms with Gasteiger partial charge in [0.15, 0.2) is 5.96 Å². The molecule has 0 fully saturated rings. The van der Waals surface area contributed by atoms with Crippen molar-refractivity contribution in [3.05, 3.63) is 16.1 Å². The van der Waals surface area contributed by atoms with Gasteiger partial charge in [0.2, 0.25) is 5.91 Å². The summed E-state index contributed by atoms with van der Waals surface area (Å²) < 4.78 is 4.87. The van der Waals surface area contributed by atoms with Crippen molar-refractivity contribution in [2.75, 3.05) is 40.9 Å². The number of ether oxygens (including phenoxy) is 1. The summed E-state index contributed by atoms with van der Waals surface area (Å²) >= 11 is 1.62. The second-order valence-corrected chi connectivity index (χ2v) is 5.52. The summed E-state index contributed by atoms with van der Waals surface area (Å²) in [5.74, 6) is 0.564. The highest BCUT2D eigenvalue weighted by atomic mass is 32.1. The third-order valence-electron chi connectivity index (χ3n) is 2.67. The SMILES string of the molecule is CN=C(NCC(=O)NCCOC)N(C)Cc1csc(C)n1. The van der Waals surface area contributed by atoms with Gasteiger partial charge in [-0.25, -0.2) is 4.98 Å². The first-order valence-electron chi connectivity index (χ1n) is 6.65. The lowest BCUT2D eigenvalue weighted by Gasteiger charge is -2.21. The number of carbonyl (C=O) groups excluding carboxylic acids is 1. The number of hydrogen-bond donors (Lipinski definition) is 2. The number of carbonyl (C=O) groups is 1. The van der Waals surface area contributed by atoms with Gasteiger partial charge in [-0.3, -0.25) is 9.79 Å². The maximum absolute atomic E-state index is 11.6. The summed E-state index contributed by atoms with van der Waals surface area (Å²) in [6.07, 6.45) is 0. The third-order valence-corrected chi connectivity index (χ3v) is 3.50. The Morgan fingerprint density at radius 3 is 2.86 bits per heavy atom. The molecule has 0 unspecified atom stereocenters. The van der Waals surface area contributed by atoms with Gasteiger partial charge >= 0.3 is 0 Å². The van der Waals surface area contributed by atoms with E-state index in [9.17, 15) is 4.79 Å². The molecule has 0 aliphatic heterocycles. The average Bonchev–Trinajstić information content (AvgIpc) is 2.85. The zero-order valence-electron chi connectivity index (χ0n) is 13.0. The first kappa shape index (κ1) is 17.4. The van der Waals surface area contributed by atoms with E-state index in [1.807, 2.05) is 24.3 Å². The molecule has 7 nitrogen and oxygen atoms in total. The van der Waals surface area contributed by atoms with Crippen LogP contribution in [0.25, 0.3) is 0 Å². The Hall–Kier alpha value is -1.67. The highest BCUT2D eigenvalue weighted by Gasteiger charge is 2.10. The normalized spacial score (nSPS) is 11.3. The van der Waals surface area contributed by atoms with Gasteiger partial charge in [0.25, 0.3) is 0 Å². The molecule has 0 radical (unpaired) electrons. The molecule has 118 valence electrons. The van der Waals surface area contributed by atoms with E-state index < -0.39 is 0 Å². The number of thiazole rings is 1. The molecular formula is C13H23N5O2S. The van der Waals surface area contributed by atoms with Crippen molar-refractivity contribution < 1.29 is 9.53 Å². The first-order chi connectivity index (χ1) is 10.1. The molecule has 21 heavy (non-hydrogen) atoms. The molecule has 0 aliphatic carbocycles. The van der Waals surface area contributed by atoms with E-state index in [0.29, 0.717) is 25.7 Å². The van der Waals surface area contributed by atoms with Gasteiger partial charge in [0.05, 0.1) is 30.4 Å². The van der Waals surface area contributed by atoms with Gasteiger partial charge in [0, 0.05) is 33.1 Å². The topological polar surface area (TPSA) is 78.8 Å². The summed E-state index contributed by atoms with van der Waals surface area (Å²) in [5, 5.41) is 8.83. The molecule has 8 heteroatoms. The molecule has 2 N–H and O–H groups in total. The van der Waals surface area contributed by atoms with Crippen LogP contribution in [-0.2, 0) is 16.1 Å². The van der Waals surface area contributed by atoms with Crippen molar-refractivity contribution in [2.24, 2.45) is 4.99 Å². The average molecular weight is 313 g/mol. The number of nitrogens with zero attached hydrogens (tertiary/aromatic N) is 3. The van der Waals surface area contributed by atoms with E-state index in [-0.39, 0.29) is 12.5 Å². The Kier molecular flexibility index (Phi) is 7.70. The summed E-state index contributed by atoms with van der Waals surface area (Å²) in [5.41, 5.74) is 0.993. The van der Waals surface area contributed by atoms with Gasteiger partial charge in [-0.05, 0) is 6.92 Å². The lowest BCUT2D eigenvalue weighted by Crippen LogP contribution is -2.44. The number of hydrogen-bond acceptors (Lipinski definition) is 5. The van der Waals surface area contributed by atoms with Gasteiger partial charge in [-0.1, -0.05) is 0 Å². The largest absolute Gasteiger partial charge is 0.383 e. The second-order valence-electron chi connectivity index (χ2n) is 4.46. The summed E-state index contributed by atoms with van der Waals surface area (Å²) in [7, 11) is 5.20. The number of amides is 1. The molecule has 1 aromatic rings. The van der Waals surface area contributed by atoms with E-state index >= 15 is 0 Å². The van der Waals surface area contributed by atoms with Crippen LogP contribution in [0.3, 0.4) is 0 Å². The number of aryl methyl sites for hydroxylation is 1. The minimum absolute atomic E-state index is 0.0916. The van der Waals surface area contributed by atoms with Gasteiger partial charge in [-0.15, -0.1) is 11.3 Å². The van der Waals surface area contributed by atoms with Crippen molar-refractivity contribution in [1.82, 2.24) is 20.5 Å². The monoisotopic (exact) mass is 313 g/mol.